The number of hydrogen-bond donors (Lipinski definition) is 2. The van der Waals surface area contributed by atoms with Gasteiger partial charge in [-0.25, -0.2) is 9.97 Å². The van der Waals surface area contributed by atoms with E-state index in [0.29, 0.717) is 16.1 Å². The Morgan fingerprint density at radius 2 is 2.00 bits per heavy atom. The summed E-state index contributed by atoms with van der Waals surface area (Å²) in [5, 5.41) is 3.22. The van der Waals surface area contributed by atoms with Gasteiger partial charge in [0, 0.05) is 6.54 Å². The molecule has 2 rings (SSSR count). The predicted octanol–water partition coefficient (Wildman–Crippen LogP) is 2.48. The van der Waals surface area contributed by atoms with Crippen LogP contribution in [0.15, 0.2) is 35.1 Å². The van der Waals surface area contributed by atoms with Crippen LogP contribution < -0.4 is 15.8 Å². The van der Waals surface area contributed by atoms with E-state index in [1.54, 1.807) is 7.11 Å². The fraction of sp³-hybridized carbons (Fsp3) is 0.231. The normalized spacial score (nSPS) is 10.2. The number of methoxy groups -OCH3 is 1. The molecule has 0 aliphatic rings. The van der Waals surface area contributed by atoms with Gasteiger partial charge in [0.15, 0.2) is 0 Å². The second-order valence-corrected chi connectivity index (χ2v) is 4.74. The summed E-state index contributed by atoms with van der Waals surface area (Å²) in [5.74, 6) is 2.01. The average Bonchev–Trinajstić information content (AvgIpc) is 2.44. The molecule has 0 unspecified atom stereocenters. The van der Waals surface area contributed by atoms with Gasteiger partial charge in [0.2, 0.25) is 0 Å². The molecule has 1 heterocycles. The summed E-state index contributed by atoms with van der Waals surface area (Å²) in [7, 11) is 1.66. The Labute approximate surface area is 120 Å². The van der Waals surface area contributed by atoms with E-state index in [9.17, 15) is 0 Å². The fourth-order valence-electron chi connectivity index (χ4n) is 1.62. The number of benzene rings is 1. The molecule has 6 heteroatoms. The lowest BCUT2D eigenvalue weighted by Gasteiger charge is -2.08. The second-order valence-electron chi connectivity index (χ2n) is 3.95. The van der Waals surface area contributed by atoms with Crippen LogP contribution in [0.25, 0.3) is 0 Å². The van der Waals surface area contributed by atoms with E-state index in [4.69, 9.17) is 10.5 Å². The van der Waals surface area contributed by atoms with Crippen molar-refractivity contribution < 1.29 is 4.74 Å². The van der Waals surface area contributed by atoms with E-state index in [-0.39, 0.29) is 0 Å². The van der Waals surface area contributed by atoms with E-state index in [1.807, 2.05) is 24.3 Å². The lowest BCUT2D eigenvalue weighted by molar-refractivity contribution is 0.414. The number of halogens is 1. The van der Waals surface area contributed by atoms with Gasteiger partial charge in [-0.3, -0.25) is 0 Å². The van der Waals surface area contributed by atoms with Crippen LogP contribution in [-0.2, 0) is 6.42 Å². The molecule has 2 aromatic rings. The number of nitrogen functional groups attached to an aromatic ring is 1. The van der Waals surface area contributed by atoms with Crippen LogP contribution >= 0.6 is 15.9 Å². The topological polar surface area (TPSA) is 73.1 Å². The van der Waals surface area contributed by atoms with E-state index in [1.165, 1.54) is 11.9 Å². The SMILES string of the molecule is COc1ccc(CCNc2ncnc(N)c2Br)cc1. The zero-order chi connectivity index (χ0) is 13.7. The number of nitrogens with zero attached hydrogens (tertiary/aromatic N) is 2. The maximum absolute atomic E-state index is 5.68. The average molecular weight is 323 g/mol. The third kappa shape index (κ3) is 3.57. The molecule has 0 atom stereocenters. The van der Waals surface area contributed by atoms with Crippen molar-refractivity contribution >= 4 is 27.6 Å². The van der Waals surface area contributed by atoms with Gasteiger partial charge in [-0.2, -0.15) is 0 Å². The van der Waals surface area contributed by atoms with Crippen molar-refractivity contribution in [3.05, 3.63) is 40.6 Å². The summed E-state index contributed by atoms with van der Waals surface area (Å²) < 4.78 is 5.82. The molecule has 0 saturated heterocycles. The van der Waals surface area contributed by atoms with Crippen LogP contribution in [0.4, 0.5) is 11.6 Å². The molecule has 0 fully saturated rings. The highest BCUT2D eigenvalue weighted by Gasteiger charge is 2.04. The smallest absolute Gasteiger partial charge is 0.145 e. The first kappa shape index (κ1) is 13.6. The predicted molar refractivity (Wildman–Crippen MR) is 79.3 cm³/mol. The molecule has 0 spiro atoms. The largest absolute Gasteiger partial charge is 0.497 e. The van der Waals surface area contributed by atoms with Crippen molar-refractivity contribution in [2.45, 2.75) is 6.42 Å². The fourth-order valence-corrected chi connectivity index (χ4v) is 1.97. The van der Waals surface area contributed by atoms with Crippen LogP contribution in [0.3, 0.4) is 0 Å². The summed E-state index contributed by atoms with van der Waals surface area (Å²) in [6.07, 6.45) is 2.33. The highest BCUT2D eigenvalue weighted by atomic mass is 79.9. The minimum Gasteiger partial charge on any atom is -0.497 e. The van der Waals surface area contributed by atoms with Gasteiger partial charge in [-0.05, 0) is 40.0 Å². The molecule has 0 radical (unpaired) electrons. The van der Waals surface area contributed by atoms with Crippen LogP contribution in [-0.4, -0.2) is 23.6 Å². The van der Waals surface area contributed by atoms with Gasteiger partial charge in [-0.15, -0.1) is 0 Å². The standard InChI is InChI=1S/C13H15BrN4O/c1-19-10-4-2-9(3-5-10)6-7-16-13-11(14)12(15)17-8-18-13/h2-5,8H,6-7H2,1H3,(H3,15,16,17,18). The number of nitrogens with two attached hydrogens (primary N) is 1. The van der Waals surface area contributed by atoms with Crippen molar-refractivity contribution in [2.24, 2.45) is 0 Å². The monoisotopic (exact) mass is 322 g/mol. The summed E-state index contributed by atoms with van der Waals surface area (Å²) in [6.45, 7) is 0.765. The van der Waals surface area contributed by atoms with E-state index in [2.05, 4.69) is 31.2 Å². The maximum Gasteiger partial charge on any atom is 0.145 e. The summed E-state index contributed by atoms with van der Waals surface area (Å²) >= 11 is 3.36. The molecule has 0 amide bonds. The third-order valence-corrected chi connectivity index (χ3v) is 3.46. The minimum atomic E-state index is 0.432. The molecule has 100 valence electrons. The molecular formula is C13H15BrN4O. The first-order valence-corrected chi connectivity index (χ1v) is 6.63. The van der Waals surface area contributed by atoms with Gasteiger partial charge < -0.3 is 15.8 Å². The van der Waals surface area contributed by atoms with Gasteiger partial charge >= 0.3 is 0 Å². The first-order chi connectivity index (χ1) is 9.20. The number of ether oxygens (including phenoxy) is 1. The van der Waals surface area contributed by atoms with E-state index in [0.717, 1.165) is 18.7 Å². The molecule has 0 bridgehead atoms. The lowest BCUT2D eigenvalue weighted by Crippen LogP contribution is -2.08. The summed E-state index contributed by atoms with van der Waals surface area (Å²) in [5.41, 5.74) is 6.91. The molecule has 3 N–H and O–H groups in total. The Kier molecular flexibility index (Phi) is 4.57. The van der Waals surface area contributed by atoms with E-state index < -0.39 is 0 Å². The maximum atomic E-state index is 5.68. The molecule has 5 nitrogen and oxygen atoms in total. The molecular weight excluding hydrogens is 308 g/mol. The first-order valence-electron chi connectivity index (χ1n) is 5.83. The minimum absolute atomic E-state index is 0.432. The van der Waals surface area contributed by atoms with E-state index >= 15 is 0 Å². The van der Waals surface area contributed by atoms with Crippen molar-refractivity contribution in [1.82, 2.24) is 9.97 Å². The number of hydrogen-bond acceptors (Lipinski definition) is 5. The number of rotatable bonds is 5. The van der Waals surface area contributed by atoms with Crippen molar-refractivity contribution in [3.63, 3.8) is 0 Å². The van der Waals surface area contributed by atoms with Crippen LogP contribution in [0.2, 0.25) is 0 Å². The van der Waals surface area contributed by atoms with Gasteiger partial charge in [0.1, 0.15) is 28.2 Å². The van der Waals surface area contributed by atoms with Gasteiger partial charge in [0.05, 0.1) is 7.11 Å². The molecule has 0 aliphatic heterocycles. The highest BCUT2D eigenvalue weighted by Crippen LogP contribution is 2.23. The molecule has 19 heavy (non-hydrogen) atoms. The van der Waals surface area contributed by atoms with Crippen LogP contribution in [0.5, 0.6) is 5.75 Å². The second kappa shape index (κ2) is 6.38. The Hall–Kier alpha value is -1.82. The summed E-state index contributed by atoms with van der Waals surface area (Å²) in [4.78, 5) is 8.02. The summed E-state index contributed by atoms with van der Waals surface area (Å²) in [6, 6.07) is 8.00. The van der Waals surface area contributed by atoms with Crippen molar-refractivity contribution in [2.75, 3.05) is 24.7 Å². The quantitative estimate of drug-likeness (QED) is 0.884. The molecule has 0 aliphatic carbocycles. The Balaban J connectivity index is 1.90. The van der Waals surface area contributed by atoms with Crippen LogP contribution in [0, 0.1) is 0 Å². The zero-order valence-corrected chi connectivity index (χ0v) is 12.1. The van der Waals surface area contributed by atoms with Crippen LogP contribution in [0.1, 0.15) is 5.56 Å². The van der Waals surface area contributed by atoms with Crippen molar-refractivity contribution in [3.8, 4) is 5.75 Å². The zero-order valence-electron chi connectivity index (χ0n) is 10.6. The molecule has 0 saturated carbocycles. The Morgan fingerprint density at radius 1 is 1.26 bits per heavy atom. The Bertz CT molecular complexity index is 545. The Morgan fingerprint density at radius 3 is 2.68 bits per heavy atom. The molecule has 1 aromatic carbocycles. The third-order valence-electron chi connectivity index (χ3n) is 2.68. The number of nitrogens with one attached hydrogen (secondary N) is 1. The number of anilines is 2. The van der Waals surface area contributed by atoms with Crippen molar-refractivity contribution in [1.29, 1.82) is 0 Å². The highest BCUT2D eigenvalue weighted by molar-refractivity contribution is 9.10. The van der Waals surface area contributed by atoms with Gasteiger partial charge in [-0.1, -0.05) is 12.1 Å². The molecule has 1 aromatic heterocycles. The lowest BCUT2D eigenvalue weighted by atomic mass is 10.1. The number of aromatic nitrogens is 2. The van der Waals surface area contributed by atoms with Gasteiger partial charge in [0.25, 0.3) is 0 Å².